The quantitative estimate of drug-likeness (QED) is 0.410. The number of carbonyl (C=O) groups is 1. The minimum atomic E-state index is -4.15. The molecule has 3 aromatic rings. The van der Waals surface area contributed by atoms with Gasteiger partial charge < -0.3 is 14.4 Å². The van der Waals surface area contributed by atoms with Gasteiger partial charge in [0, 0.05) is 16.2 Å². The van der Waals surface area contributed by atoms with Gasteiger partial charge in [0.1, 0.15) is 22.9 Å². The number of nitrogens with zero attached hydrogens (tertiary/aromatic N) is 2. The summed E-state index contributed by atoms with van der Waals surface area (Å²) in [6, 6.07) is 17.2. The number of hydrogen-bond donors (Lipinski definition) is 0. The van der Waals surface area contributed by atoms with Crippen LogP contribution in [0.4, 0.5) is 11.4 Å². The van der Waals surface area contributed by atoms with Gasteiger partial charge >= 0.3 is 0 Å². The monoisotopic (exact) mass is 558 g/mol. The van der Waals surface area contributed by atoms with Crippen LogP contribution in [-0.4, -0.2) is 41.1 Å². The number of carbonyl (C=O) groups excluding carboxylic acids is 1. The predicted octanol–water partition coefficient (Wildman–Crippen LogP) is 4.95. The molecule has 3 aromatic carbocycles. The number of sulfonamides is 1. The van der Waals surface area contributed by atoms with Gasteiger partial charge in [0.05, 0.1) is 19.9 Å². The fourth-order valence-corrected chi connectivity index (χ4v) is 6.41. The molecule has 0 bridgehead atoms. The third-order valence-electron chi connectivity index (χ3n) is 6.05. The highest BCUT2D eigenvalue weighted by Gasteiger charge is 2.36. The van der Waals surface area contributed by atoms with Crippen molar-refractivity contribution in [3.8, 4) is 11.5 Å². The Balaban J connectivity index is 1.78. The lowest BCUT2D eigenvalue weighted by Crippen LogP contribution is -2.45. The van der Waals surface area contributed by atoms with E-state index < -0.39 is 10.0 Å². The first-order chi connectivity index (χ1) is 16.6. The second-order valence-corrected chi connectivity index (χ2v) is 11.2. The molecule has 1 amide bonds. The van der Waals surface area contributed by atoms with E-state index in [1.54, 1.807) is 47.4 Å². The third kappa shape index (κ3) is 4.88. The molecule has 1 heterocycles. The summed E-state index contributed by atoms with van der Waals surface area (Å²) in [7, 11) is -1.19. The van der Waals surface area contributed by atoms with Crippen molar-refractivity contribution in [2.45, 2.75) is 31.2 Å². The summed E-state index contributed by atoms with van der Waals surface area (Å²) < 4.78 is 40.6. The second-order valence-electron chi connectivity index (χ2n) is 8.45. The van der Waals surface area contributed by atoms with Crippen molar-refractivity contribution in [2.24, 2.45) is 0 Å². The van der Waals surface area contributed by atoms with Gasteiger partial charge in [-0.2, -0.15) is 0 Å². The Kier molecular flexibility index (Phi) is 7.10. The second kappa shape index (κ2) is 9.91. The van der Waals surface area contributed by atoms with E-state index in [1.165, 1.54) is 14.2 Å². The molecule has 7 nitrogen and oxygen atoms in total. The number of halogens is 1. The molecule has 0 aliphatic carbocycles. The average Bonchev–Trinajstić information content (AvgIpc) is 3.17. The molecule has 0 N–H and O–H groups in total. The SMILES string of the molecule is COc1ccc(N(CC(=O)N2c3ccc(Br)cc3CC2C)S(=O)(=O)c2cc(C)ccc2OC)cc1. The topological polar surface area (TPSA) is 76.2 Å². The molecule has 9 heteroatoms. The van der Waals surface area contributed by atoms with Gasteiger partial charge in [0.15, 0.2) is 0 Å². The Morgan fingerprint density at radius 2 is 1.77 bits per heavy atom. The van der Waals surface area contributed by atoms with Gasteiger partial charge in [0.2, 0.25) is 5.91 Å². The first kappa shape index (κ1) is 25.1. The molecule has 0 radical (unpaired) electrons. The number of fused-ring (bicyclic) bond motifs is 1. The summed E-state index contributed by atoms with van der Waals surface area (Å²) in [4.78, 5) is 15.3. The molecule has 4 rings (SSSR count). The van der Waals surface area contributed by atoms with Crippen molar-refractivity contribution < 1.29 is 22.7 Å². The summed E-state index contributed by atoms with van der Waals surface area (Å²) in [6.07, 6.45) is 0.696. The molecule has 0 saturated heterocycles. The highest BCUT2D eigenvalue weighted by atomic mass is 79.9. The van der Waals surface area contributed by atoms with Crippen LogP contribution >= 0.6 is 15.9 Å². The van der Waals surface area contributed by atoms with Gasteiger partial charge in [-0.25, -0.2) is 8.42 Å². The van der Waals surface area contributed by atoms with Crippen LogP contribution in [0.1, 0.15) is 18.1 Å². The summed E-state index contributed by atoms with van der Waals surface area (Å²) in [6.45, 7) is 3.40. The maximum atomic E-state index is 14.0. The zero-order valence-corrected chi connectivity index (χ0v) is 22.4. The van der Waals surface area contributed by atoms with Crippen LogP contribution in [0.5, 0.6) is 11.5 Å². The van der Waals surface area contributed by atoms with E-state index in [4.69, 9.17) is 9.47 Å². The lowest BCUT2D eigenvalue weighted by molar-refractivity contribution is -0.117. The van der Waals surface area contributed by atoms with E-state index in [0.717, 1.165) is 25.6 Å². The fourth-order valence-electron chi connectivity index (χ4n) is 4.35. The molecular weight excluding hydrogens is 532 g/mol. The van der Waals surface area contributed by atoms with Crippen molar-refractivity contribution in [1.29, 1.82) is 0 Å². The summed E-state index contributed by atoms with van der Waals surface area (Å²) in [5.41, 5.74) is 2.95. The molecule has 0 spiro atoms. The van der Waals surface area contributed by atoms with E-state index in [2.05, 4.69) is 15.9 Å². The predicted molar refractivity (Wildman–Crippen MR) is 140 cm³/mol. The Labute approximate surface area is 214 Å². The highest BCUT2D eigenvalue weighted by Crippen LogP contribution is 2.36. The van der Waals surface area contributed by atoms with Crippen molar-refractivity contribution in [3.63, 3.8) is 0 Å². The number of rotatable bonds is 7. The molecule has 1 aliphatic heterocycles. The summed E-state index contributed by atoms with van der Waals surface area (Å²) in [5, 5.41) is 0. The number of anilines is 2. The molecule has 0 saturated carbocycles. The van der Waals surface area contributed by atoms with Crippen molar-refractivity contribution in [1.82, 2.24) is 0 Å². The Morgan fingerprint density at radius 3 is 2.43 bits per heavy atom. The Bertz CT molecular complexity index is 1360. The van der Waals surface area contributed by atoms with Crippen molar-refractivity contribution >= 4 is 43.2 Å². The standard InChI is InChI=1S/C26H27BrN2O5S/c1-17-5-12-24(34-4)25(13-17)35(31,32)28(21-7-9-22(33-3)10-8-21)16-26(30)29-18(2)14-19-15-20(27)6-11-23(19)29/h5-13,15,18H,14,16H2,1-4H3. The normalized spacial score (nSPS) is 15.0. The van der Waals surface area contributed by atoms with Crippen LogP contribution in [0.15, 0.2) is 70.0 Å². The zero-order valence-electron chi connectivity index (χ0n) is 20.0. The van der Waals surface area contributed by atoms with Gasteiger partial charge in [0.25, 0.3) is 10.0 Å². The highest BCUT2D eigenvalue weighted by molar-refractivity contribution is 9.10. The van der Waals surface area contributed by atoms with Crippen LogP contribution in [0.3, 0.4) is 0 Å². The molecule has 1 atom stereocenters. The van der Waals surface area contributed by atoms with Gasteiger partial charge in [-0.1, -0.05) is 22.0 Å². The smallest absolute Gasteiger partial charge is 0.268 e. The van der Waals surface area contributed by atoms with Crippen LogP contribution < -0.4 is 18.7 Å². The molecule has 0 fully saturated rings. The van der Waals surface area contributed by atoms with Crippen molar-refractivity contribution in [3.05, 3.63) is 76.3 Å². The van der Waals surface area contributed by atoms with Crippen molar-refractivity contribution in [2.75, 3.05) is 30.0 Å². The number of hydrogen-bond acceptors (Lipinski definition) is 5. The maximum absolute atomic E-state index is 14.0. The average molecular weight is 559 g/mol. The number of methoxy groups -OCH3 is 2. The van der Waals surface area contributed by atoms with E-state index in [9.17, 15) is 13.2 Å². The van der Waals surface area contributed by atoms with E-state index in [1.807, 2.05) is 32.0 Å². The Hall–Kier alpha value is -3.04. The molecule has 35 heavy (non-hydrogen) atoms. The lowest BCUT2D eigenvalue weighted by Gasteiger charge is -2.29. The zero-order chi connectivity index (χ0) is 25.3. The van der Waals surface area contributed by atoms with E-state index in [-0.39, 0.29) is 29.1 Å². The Morgan fingerprint density at radius 1 is 1.06 bits per heavy atom. The number of amides is 1. The van der Waals surface area contributed by atoms with Crippen LogP contribution in [0, 0.1) is 6.92 Å². The number of ether oxygens (including phenoxy) is 2. The van der Waals surface area contributed by atoms with Gasteiger partial charge in [-0.15, -0.1) is 0 Å². The summed E-state index contributed by atoms with van der Waals surface area (Å²) in [5.74, 6) is 0.481. The van der Waals surface area contributed by atoms with Gasteiger partial charge in [-0.3, -0.25) is 9.10 Å². The molecule has 1 unspecified atom stereocenters. The summed E-state index contributed by atoms with van der Waals surface area (Å²) >= 11 is 3.48. The maximum Gasteiger partial charge on any atom is 0.268 e. The minimum Gasteiger partial charge on any atom is -0.497 e. The molecule has 1 aliphatic rings. The van der Waals surface area contributed by atoms with Crippen LogP contribution in [0.2, 0.25) is 0 Å². The largest absolute Gasteiger partial charge is 0.497 e. The number of aryl methyl sites for hydroxylation is 1. The van der Waals surface area contributed by atoms with E-state index >= 15 is 0 Å². The number of benzene rings is 3. The fraction of sp³-hybridized carbons (Fsp3) is 0.269. The van der Waals surface area contributed by atoms with Gasteiger partial charge in [-0.05, 0) is 86.0 Å². The lowest BCUT2D eigenvalue weighted by atomic mass is 10.1. The first-order valence-corrected chi connectivity index (χ1v) is 13.3. The van der Waals surface area contributed by atoms with E-state index in [0.29, 0.717) is 17.9 Å². The minimum absolute atomic E-state index is 0.00224. The first-order valence-electron chi connectivity index (χ1n) is 11.1. The third-order valence-corrected chi connectivity index (χ3v) is 8.34. The van der Waals surface area contributed by atoms with Crippen LogP contribution in [-0.2, 0) is 21.2 Å². The molecule has 184 valence electrons. The molecular formula is C26H27BrN2O5S. The molecule has 0 aromatic heterocycles. The van der Waals surface area contributed by atoms with Crippen LogP contribution in [0.25, 0.3) is 0 Å².